The van der Waals surface area contributed by atoms with Crippen LogP contribution in [0.4, 0.5) is 8.78 Å². The molecule has 0 saturated heterocycles. The summed E-state index contributed by atoms with van der Waals surface area (Å²) in [6.07, 6.45) is 0.709. The molecule has 0 aliphatic heterocycles. The van der Waals surface area contributed by atoms with Gasteiger partial charge in [0.2, 0.25) is 0 Å². The van der Waals surface area contributed by atoms with Gasteiger partial charge in [0.1, 0.15) is 5.15 Å². The molecule has 4 heteroatoms. The maximum absolute atomic E-state index is 12.9. The van der Waals surface area contributed by atoms with Crippen LogP contribution in [0.2, 0.25) is 5.15 Å². The largest absolute Gasteiger partial charge is 0.236 e. The van der Waals surface area contributed by atoms with Crippen LogP contribution < -0.4 is 0 Å². The molecule has 0 bridgehead atoms. The maximum atomic E-state index is 12.9. The fourth-order valence-electron chi connectivity index (χ4n) is 1.44. The van der Waals surface area contributed by atoms with E-state index in [1.807, 2.05) is 6.92 Å². The average Bonchev–Trinajstić information content (AvgIpc) is 2.20. The van der Waals surface area contributed by atoms with E-state index in [-0.39, 0.29) is 0 Å². The predicted octanol–water partition coefficient (Wildman–Crippen LogP) is 3.73. The van der Waals surface area contributed by atoms with Gasteiger partial charge in [-0.25, -0.2) is 13.8 Å². The highest BCUT2D eigenvalue weighted by atomic mass is 35.5. The van der Waals surface area contributed by atoms with Gasteiger partial charge in [0, 0.05) is 11.5 Å². The number of benzene rings is 1. The van der Waals surface area contributed by atoms with E-state index in [1.165, 1.54) is 0 Å². The van der Waals surface area contributed by atoms with Gasteiger partial charge in [-0.1, -0.05) is 18.5 Å². The fraction of sp³-hybridized carbons (Fsp3) is 0.182. The minimum atomic E-state index is -0.907. The van der Waals surface area contributed by atoms with Crippen molar-refractivity contribution < 1.29 is 8.78 Å². The molecule has 1 aromatic carbocycles. The zero-order valence-corrected chi connectivity index (χ0v) is 8.78. The Bertz CT molecular complexity index is 525. The van der Waals surface area contributed by atoms with Gasteiger partial charge >= 0.3 is 0 Å². The Balaban J connectivity index is 2.76. The molecule has 0 fully saturated rings. The van der Waals surface area contributed by atoms with E-state index in [4.69, 9.17) is 11.6 Å². The van der Waals surface area contributed by atoms with Gasteiger partial charge < -0.3 is 0 Å². The van der Waals surface area contributed by atoms with E-state index < -0.39 is 11.6 Å². The molecule has 0 aliphatic carbocycles. The van der Waals surface area contributed by atoms with Gasteiger partial charge in [0.05, 0.1) is 5.52 Å². The van der Waals surface area contributed by atoms with Crippen LogP contribution in [-0.4, -0.2) is 4.98 Å². The number of rotatable bonds is 1. The van der Waals surface area contributed by atoms with E-state index in [0.29, 0.717) is 22.5 Å². The van der Waals surface area contributed by atoms with Gasteiger partial charge in [-0.15, -0.1) is 0 Å². The number of aromatic nitrogens is 1. The van der Waals surface area contributed by atoms with E-state index >= 15 is 0 Å². The fourth-order valence-corrected chi connectivity index (χ4v) is 1.72. The summed E-state index contributed by atoms with van der Waals surface area (Å²) < 4.78 is 25.9. The van der Waals surface area contributed by atoms with Crippen LogP contribution in [0.5, 0.6) is 0 Å². The minimum Gasteiger partial charge on any atom is -0.236 e. The summed E-state index contributed by atoms with van der Waals surface area (Å²) in [4.78, 5) is 4.01. The van der Waals surface area contributed by atoms with Crippen molar-refractivity contribution in [2.24, 2.45) is 0 Å². The molecule has 0 amide bonds. The molecule has 2 rings (SSSR count). The molecule has 0 unspecified atom stereocenters. The highest BCUT2D eigenvalue weighted by Crippen LogP contribution is 2.23. The first kappa shape index (κ1) is 10.3. The van der Waals surface area contributed by atoms with E-state index in [2.05, 4.69) is 4.98 Å². The molecule has 78 valence electrons. The Morgan fingerprint density at radius 1 is 1.20 bits per heavy atom. The third kappa shape index (κ3) is 1.79. The standard InChI is InChI=1S/C11H8ClF2N/c1-2-6-3-7-4-8(13)9(14)5-10(7)15-11(6)12/h3-5H,2H2,1H3. The van der Waals surface area contributed by atoms with Crippen molar-refractivity contribution in [3.05, 3.63) is 40.6 Å². The van der Waals surface area contributed by atoms with Crippen LogP contribution in [0.15, 0.2) is 18.2 Å². The van der Waals surface area contributed by atoms with Crippen molar-refractivity contribution in [1.82, 2.24) is 4.98 Å². The van der Waals surface area contributed by atoms with Crippen molar-refractivity contribution in [1.29, 1.82) is 0 Å². The number of halogens is 3. The number of nitrogens with zero attached hydrogens (tertiary/aromatic N) is 1. The molecule has 15 heavy (non-hydrogen) atoms. The number of aryl methyl sites for hydroxylation is 1. The Labute approximate surface area is 90.7 Å². The second kappa shape index (κ2) is 3.74. The van der Waals surface area contributed by atoms with Crippen LogP contribution in [0.3, 0.4) is 0 Å². The first-order valence-electron chi connectivity index (χ1n) is 4.56. The quantitative estimate of drug-likeness (QED) is 0.677. The van der Waals surface area contributed by atoms with Crippen LogP contribution in [0.1, 0.15) is 12.5 Å². The Morgan fingerprint density at radius 2 is 1.87 bits per heavy atom. The molecule has 0 aliphatic rings. The Morgan fingerprint density at radius 3 is 2.53 bits per heavy atom. The number of pyridine rings is 1. The number of fused-ring (bicyclic) bond motifs is 1. The minimum absolute atomic E-state index is 0.344. The molecule has 0 saturated carbocycles. The SMILES string of the molecule is CCc1cc2cc(F)c(F)cc2nc1Cl. The van der Waals surface area contributed by atoms with Gasteiger partial charge in [-0.2, -0.15) is 0 Å². The summed E-state index contributed by atoms with van der Waals surface area (Å²) in [5, 5.41) is 0.908. The summed E-state index contributed by atoms with van der Waals surface area (Å²) in [7, 11) is 0. The summed E-state index contributed by atoms with van der Waals surface area (Å²) >= 11 is 5.87. The smallest absolute Gasteiger partial charge is 0.161 e. The molecule has 2 aromatic rings. The van der Waals surface area contributed by atoms with E-state index in [0.717, 1.165) is 17.7 Å². The van der Waals surface area contributed by atoms with E-state index in [9.17, 15) is 8.78 Å². The first-order chi connectivity index (χ1) is 7.11. The lowest BCUT2D eigenvalue weighted by Crippen LogP contribution is -1.91. The molecule has 1 nitrogen and oxygen atoms in total. The predicted molar refractivity (Wildman–Crippen MR) is 56.0 cm³/mol. The van der Waals surface area contributed by atoms with Gasteiger partial charge in [0.15, 0.2) is 11.6 Å². The van der Waals surface area contributed by atoms with Crippen molar-refractivity contribution in [2.45, 2.75) is 13.3 Å². The summed E-state index contributed by atoms with van der Waals surface area (Å²) in [5.41, 5.74) is 1.20. The number of hydrogen-bond acceptors (Lipinski definition) is 1. The second-order valence-electron chi connectivity index (χ2n) is 3.25. The monoisotopic (exact) mass is 227 g/mol. The van der Waals surface area contributed by atoms with Crippen LogP contribution in [0.25, 0.3) is 10.9 Å². The molecular formula is C11H8ClF2N. The van der Waals surface area contributed by atoms with E-state index in [1.54, 1.807) is 6.07 Å². The highest BCUT2D eigenvalue weighted by Gasteiger charge is 2.08. The summed E-state index contributed by atoms with van der Waals surface area (Å²) in [6, 6.07) is 3.91. The molecule has 1 aromatic heterocycles. The lowest BCUT2D eigenvalue weighted by molar-refractivity contribution is 0.510. The second-order valence-corrected chi connectivity index (χ2v) is 3.61. The van der Waals surface area contributed by atoms with Crippen molar-refractivity contribution in [3.8, 4) is 0 Å². The molecule has 0 atom stereocenters. The summed E-state index contributed by atoms with van der Waals surface area (Å²) in [6.45, 7) is 1.93. The van der Waals surface area contributed by atoms with Crippen LogP contribution >= 0.6 is 11.6 Å². The highest BCUT2D eigenvalue weighted by molar-refractivity contribution is 6.30. The zero-order valence-electron chi connectivity index (χ0n) is 8.02. The van der Waals surface area contributed by atoms with Crippen molar-refractivity contribution in [2.75, 3.05) is 0 Å². The first-order valence-corrected chi connectivity index (χ1v) is 4.93. The van der Waals surface area contributed by atoms with Gasteiger partial charge in [-0.05, 0) is 24.1 Å². The number of hydrogen-bond donors (Lipinski definition) is 0. The lowest BCUT2D eigenvalue weighted by Gasteiger charge is -2.04. The van der Waals surface area contributed by atoms with Crippen LogP contribution in [-0.2, 0) is 6.42 Å². The zero-order chi connectivity index (χ0) is 11.0. The van der Waals surface area contributed by atoms with Crippen molar-refractivity contribution >= 4 is 22.5 Å². The molecule has 0 spiro atoms. The summed E-state index contributed by atoms with van der Waals surface area (Å²) in [5.74, 6) is -1.77. The Hall–Kier alpha value is -1.22. The molecule has 0 radical (unpaired) electrons. The Kier molecular flexibility index (Phi) is 2.57. The third-order valence-electron chi connectivity index (χ3n) is 2.26. The maximum Gasteiger partial charge on any atom is 0.161 e. The molecule has 1 heterocycles. The molecular weight excluding hydrogens is 220 g/mol. The van der Waals surface area contributed by atoms with Crippen LogP contribution in [0, 0.1) is 11.6 Å². The lowest BCUT2D eigenvalue weighted by atomic mass is 10.1. The molecule has 0 N–H and O–H groups in total. The topological polar surface area (TPSA) is 12.9 Å². The van der Waals surface area contributed by atoms with Gasteiger partial charge in [-0.3, -0.25) is 0 Å². The normalized spacial score (nSPS) is 10.9. The van der Waals surface area contributed by atoms with Gasteiger partial charge in [0.25, 0.3) is 0 Å². The third-order valence-corrected chi connectivity index (χ3v) is 2.59. The van der Waals surface area contributed by atoms with Crippen molar-refractivity contribution in [3.63, 3.8) is 0 Å². The average molecular weight is 228 g/mol.